The largest absolute Gasteiger partial charge is 0.493 e. The third-order valence-corrected chi connectivity index (χ3v) is 4.08. The van der Waals surface area contributed by atoms with Gasteiger partial charge < -0.3 is 14.8 Å². The summed E-state index contributed by atoms with van der Waals surface area (Å²) >= 11 is 0. The maximum absolute atomic E-state index is 5.81. The molecule has 0 fully saturated rings. The van der Waals surface area contributed by atoms with E-state index in [-0.39, 0.29) is 0 Å². The molecular weight excluding hydrogens is 322 g/mol. The molecular formula is C23H25NO2. The Balaban J connectivity index is 1.35. The van der Waals surface area contributed by atoms with Crippen LogP contribution in [0.15, 0.2) is 78.9 Å². The van der Waals surface area contributed by atoms with Gasteiger partial charge in [0.05, 0.1) is 6.61 Å². The Labute approximate surface area is 155 Å². The number of benzene rings is 3. The highest BCUT2D eigenvalue weighted by atomic mass is 16.5. The van der Waals surface area contributed by atoms with Gasteiger partial charge in [-0.25, -0.2) is 0 Å². The molecule has 0 bridgehead atoms. The van der Waals surface area contributed by atoms with Crippen LogP contribution in [0.2, 0.25) is 0 Å². The van der Waals surface area contributed by atoms with E-state index in [1.165, 1.54) is 11.1 Å². The molecule has 0 amide bonds. The van der Waals surface area contributed by atoms with Crippen LogP contribution in [0.4, 0.5) is 5.69 Å². The fourth-order valence-corrected chi connectivity index (χ4v) is 2.60. The third kappa shape index (κ3) is 5.85. The second-order valence-electron chi connectivity index (χ2n) is 6.20. The summed E-state index contributed by atoms with van der Waals surface area (Å²) in [7, 11) is 0. The molecule has 0 aromatic heterocycles. The SMILES string of the molecule is Cc1ccc(OCCNc2ccc(OCCc3ccccc3)cc2)cc1. The van der Waals surface area contributed by atoms with Gasteiger partial charge in [0.2, 0.25) is 0 Å². The Bertz CT molecular complexity index is 768. The van der Waals surface area contributed by atoms with Crippen molar-refractivity contribution in [3.05, 3.63) is 90.0 Å². The van der Waals surface area contributed by atoms with Crippen molar-refractivity contribution in [2.75, 3.05) is 25.1 Å². The van der Waals surface area contributed by atoms with Gasteiger partial charge in [-0.2, -0.15) is 0 Å². The van der Waals surface area contributed by atoms with E-state index in [0.29, 0.717) is 13.2 Å². The zero-order chi connectivity index (χ0) is 18.0. The summed E-state index contributed by atoms with van der Waals surface area (Å²) in [6, 6.07) is 26.5. The first kappa shape index (κ1) is 17.9. The molecule has 0 aliphatic heterocycles. The van der Waals surface area contributed by atoms with Crippen molar-refractivity contribution in [2.24, 2.45) is 0 Å². The third-order valence-electron chi connectivity index (χ3n) is 4.08. The predicted molar refractivity (Wildman–Crippen MR) is 107 cm³/mol. The average Bonchev–Trinajstić information content (AvgIpc) is 2.69. The topological polar surface area (TPSA) is 30.5 Å². The van der Waals surface area contributed by atoms with E-state index in [1.807, 2.05) is 42.5 Å². The minimum absolute atomic E-state index is 0.623. The summed E-state index contributed by atoms with van der Waals surface area (Å²) in [4.78, 5) is 0. The van der Waals surface area contributed by atoms with E-state index in [0.717, 1.165) is 30.2 Å². The molecule has 3 rings (SSSR count). The number of hydrogen-bond donors (Lipinski definition) is 1. The van der Waals surface area contributed by atoms with E-state index in [4.69, 9.17) is 9.47 Å². The van der Waals surface area contributed by atoms with Gasteiger partial charge in [-0.3, -0.25) is 0 Å². The van der Waals surface area contributed by atoms with Gasteiger partial charge in [0.25, 0.3) is 0 Å². The molecule has 26 heavy (non-hydrogen) atoms. The van der Waals surface area contributed by atoms with Crippen molar-refractivity contribution < 1.29 is 9.47 Å². The van der Waals surface area contributed by atoms with Crippen LogP contribution in [-0.2, 0) is 6.42 Å². The molecule has 0 heterocycles. The Kier molecular flexibility index (Phi) is 6.54. The first-order valence-electron chi connectivity index (χ1n) is 9.00. The molecule has 0 saturated carbocycles. The van der Waals surface area contributed by atoms with Crippen molar-refractivity contribution >= 4 is 5.69 Å². The molecule has 0 aliphatic rings. The average molecular weight is 347 g/mol. The maximum Gasteiger partial charge on any atom is 0.119 e. The Hall–Kier alpha value is -2.94. The molecule has 3 heteroatoms. The molecule has 0 spiro atoms. The molecule has 3 nitrogen and oxygen atoms in total. The number of ether oxygens (including phenoxy) is 2. The smallest absolute Gasteiger partial charge is 0.119 e. The molecule has 0 saturated heterocycles. The highest BCUT2D eigenvalue weighted by molar-refractivity contribution is 5.46. The van der Waals surface area contributed by atoms with Gasteiger partial charge in [-0.15, -0.1) is 0 Å². The zero-order valence-electron chi connectivity index (χ0n) is 15.2. The van der Waals surface area contributed by atoms with Crippen LogP contribution in [-0.4, -0.2) is 19.8 Å². The predicted octanol–water partition coefficient (Wildman–Crippen LogP) is 5.11. The minimum atomic E-state index is 0.623. The van der Waals surface area contributed by atoms with Crippen LogP contribution in [0.5, 0.6) is 11.5 Å². The summed E-state index contributed by atoms with van der Waals surface area (Å²) in [6.45, 7) is 4.13. The van der Waals surface area contributed by atoms with E-state index in [9.17, 15) is 0 Å². The van der Waals surface area contributed by atoms with Gasteiger partial charge in [0.15, 0.2) is 0 Å². The standard InChI is InChI=1S/C23H25NO2/c1-19-7-11-22(12-8-19)26-18-16-24-21-9-13-23(14-10-21)25-17-15-20-5-3-2-4-6-20/h2-14,24H,15-18H2,1H3. The maximum atomic E-state index is 5.81. The molecule has 134 valence electrons. The normalized spacial score (nSPS) is 10.3. The van der Waals surface area contributed by atoms with E-state index >= 15 is 0 Å². The second kappa shape index (κ2) is 9.52. The number of anilines is 1. The highest BCUT2D eigenvalue weighted by Gasteiger charge is 1.98. The fraction of sp³-hybridized carbons (Fsp3) is 0.217. The molecule has 0 aliphatic carbocycles. The molecule has 0 atom stereocenters. The van der Waals surface area contributed by atoms with Crippen LogP contribution < -0.4 is 14.8 Å². The van der Waals surface area contributed by atoms with Crippen LogP contribution in [0, 0.1) is 6.92 Å². The quantitative estimate of drug-likeness (QED) is 0.546. The lowest BCUT2D eigenvalue weighted by Crippen LogP contribution is -2.11. The van der Waals surface area contributed by atoms with Crippen molar-refractivity contribution in [3.8, 4) is 11.5 Å². The second-order valence-corrected chi connectivity index (χ2v) is 6.20. The van der Waals surface area contributed by atoms with Crippen molar-refractivity contribution in [2.45, 2.75) is 13.3 Å². The van der Waals surface area contributed by atoms with Gasteiger partial charge in [0.1, 0.15) is 18.1 Å². The van der Waals surface area contributed by atoms with Gasteiger partial charge >= 0.3 is 0 Å². The van der Waals surface area contributed by atoms with Crippen LogP contribution >= 0.6 is 0 Å². The van der Waals surface area contributed by atoms with Crippen molar-refractivity contribution in [1.29, 1.82) is 0 Å². The molecule has 0 unspecified atom stereocenters. The fourth-order valence-electron chi connectivity index (χ4n) is 2.60. The number of hydrogen-bond acceptors (Lipinski definition) is 3. The first-order chi connectivity index (χ1) is 12.8. The highest BCUT2D eigenvalue weighted by Crippen LogP contribution is 2.16. The summed E-state index contributed by atoms with van der Waals surface area (Å²) < 4.78 is 11.5. The van der Waals surface area contributed by atoms with Crippen LogP contribution in [0.1, 0.15) is 11.1 Å². The van der Waals surface area contributed by atoms with E-state index in [2.05, 4.69) is 48.6 Å². The van der Waals surface area contributed by atoms with Gasteiger partial charge in [-0.05, 0) is 48.9 Å². The molecule has 3 aromatic carbocycles. The molecule has 3 aromatic rings. The summed E-state index contributed by atoms with van der Waals surface area (Å²) in [6.07, 6.45) is 0.914. The Morgan fingerprint density at radius 3 is 2.00 bits per heavy atom. The van der Waals surface area contributed by atoms with E-state index in [1.54, 1.807) is 0 Å². The summed E-state index contributed by atoms with van der Waals surface area (Å²) in [5, 5.41) is 3.35. The number of rotatable bonds is 9. The number of aryl methyl sites for hydroxylation is 1. The van der Waals surface area contributed by atoms with Gasteiger partial charge in [-0.1, -0.05) is 48.0 Å². The molecule has 0 radical (unpaired) electrons. The lowest BCUT2D eigenvalue weighted by atomic mass is 10.2. The zero-order valence-corrected chi connectivity index (χ0v) is 15.2. The monoisotopic (exact) mass is 347 g/mol. The summed E-state index contributed by atoms with van der Waals surface area (Å²) in [5.41, 5.74) is 3.59. The Morgan fingerprint density at radius 1 is 0.692 bits per heavy atom. The van der Waals surface area contributed by atoms with Crippen LogP contribution in [0.3, 0.4) is 0 Å². The molecule has 1 N–H and O–H groups in total. The number of nitrogens with one attached hydrogen (secondary N) is 1. The first-order valence-corrected chi connectivity index (χ1v) is 9.00. The lowest BCUT2D eigenvalue weighted by molar-refractivity contribution is 0.322. The minimum Gasteiger partial charge on any atom is -0.493 e. The van der Waals surface area contributed by atoms with E-state index < -0.39 is 0 Å². The van der Waals surface area contributed by atoms with Crippen LogP contribution in [0.25, 0.3) is 0 Å². The lowest BCUT2D eigenvalue weighted by Gasteiger charge is -2.10. The summed E-state index contributed by atoms with van der Waals surface area (Å²) in [5.74, 6) is 1.79. The van der Waals surface area contributed by atoms with Gasteiger partial charge in [0, 0.05) is 18.7 Å². The Morgan fingerprint density at radius 2 is 1.31 bits per heavy atom. The van der Waals surface area contributed by atoms with Crippen molar-refractivity contribution in [3.63, 3.8) is 0 Å². The van der Waals surface area contributed by atoms with Crippen molar-refractivity contribution in [1.82, 2.24) is 0 Å².